The van der Waals surface area contributed by atoms with Crippen molar-refractivity contribution in [2.45, 2.75) is 12.8 Å². The average molecular weight is 264 g/mol. The summed E-state index contributed by atoms with van der Waals surface area (Å²) in [4.78, 5) is 11.6. The van der Waals surface area contributed by atoms with Crippen LogP contribution in [0.15, 0.2) is 6.33 Å². The van der Waals surface area contributed by atoms with E-state index >= 15 is 0 Å². The lowest BCUT2D eigenvalue weighted by Crippen LogP contribution is -2.49. The Morgan fingerprint density at radius 3 is 2.79 bits per heavy atom. The minimum Gasteiger partial charge on any atom is -0.339 e. The molecule has 106 valence electrons. The van der Waals surface area contributed by atoms with Gasteiger partial charge in [0.25, 0.3) is 0 Å². The summed E-state index contributed by atoms with van der Waals surface area (Å²) in [6.07, 6.45) is 4.34. The number of likely N-dealkylation sites (tertiary alicyclic amines) is 1. The van der Waals surface area contributed by atoms with Crippen molar-refractivity contribution < 1.29 is 0 Å². The van der Waals surface area contributed by atoms with E-state index in [2.05, 4.69) is 36.9 Å². The zero-order chi connectivity index (χ0) is 13.1. The molecule has 1 unspecified atom stereocenters. The zero-order valence-corrected chi connectivity index (χ0v) is 11.8. The van der Waals surface area contributed by atoms with E-state index in [1.165, 1.54) is 32.5 Å². The number of piperazine rings is 1. The van der Waals surface area contributed by atoms with Gasteiger partial charge in [0.15, 0.2) is 0 Å². The molecule has 1 atom stereocenters. The largest absolute Gasteiger partial charge is 0.339 e. The minimum absolute atomic E-state index is 0.857. The molecule has 1 N–H and O–H groups in total. The molecule has 0 amide bonds. The highest BCUT2D eigenvalue weighted by Crippen LogP contribution is 2.18. The molecule has 6 nitrogen and oxygen atoms in total. The Labute approximate surface area is 114 Å². The van der Waals surface area contributed by atoms with Crippen LogP contribution >= 0.6 is 0 Å². The van der Waals surface area contributed by atoms with E-state index in [9.17, 15) is 0 Å². The van der Waals surface area contributed by atoms with Crippen LogP contribution in [0.2, 0.25) is 0 Å². The number of hydrogen-bond donors (Lipinski definition) is 1. The SMILES string of the molecule is CN1CCCC(CN2CCN(c3ncn[nH]3)CC2)C1. The summed E-state index contributed by atoms with van der Waals surface area (Å²) >= 11 is 0. The Hall–Kier alpha value is -1.14. The van der Waals surface area contributed by atoms with Gasteiger partial charge < -0.3 is 9.80 Å². The quantitative estimate of drug-likeness (QED) is 0.849. The smallest absolute Gasteiger partial charge is 0.221 e. The predicted molar refractivity (Wildman–Crippen MR) is 75.3 cm³/mol. The molecule has 1 aromatic heterocycles. The van der Waals surface area contributed by atoms with Crippen LogP contribution in [0.3, 0.4) is 0 Å². The molecule has 1 aromatic rings. The van der Waals surface area contributed by atoms with Crippen LogP contribution in [-0.2, 0) is 0 Å². The van der Waals surface area contributed by atoms with Gasteiger partial charge in [-0.05, 0) is 32.4 Å². The van der Waals surface area contributed by atoms with Crippen LogP contribution in [0.1, 0.15) is 12.8 Å². The normalized spacial score (nSPS) is 26.8. The number of aromatic amines is 1. The van der Waals surface area contributed by atoms with E-state index in [1.807, 2.05) is 0 Å². The van der Waals surface area contributed by atoms with E-state index in [4.69, 9.17) is 0 Å². The zero-order valence-electron chi connectivity index (χ0n) is 11.8. The molecule has 2 saturated heterocycles. The first-order valence-electron chi connectivity index (χ1n) is 7.32. The molecule has 0 spiro atoms. The van der Waals surface area contributed by atoms with Gasteiger partial charge in [-0.15, -0.1) is 0 Å². The first-order valence-corrected chi connectivity index (χ1v) is 7.32. The Kier molecular flexibility index (Phi) is 3.98. The van der Waals surface area contributed by atoms with E-state index in [-0.39, 0.29) is 0 Å². The lowest BCUT2D eigenvalue weighted by Gasteiger charge is -2.38. The Morgan fingerprint density at radius 2 is 2.11 bits per heavy atom. The summed E-state index contributed by atoms with van der Waals surface area (Å²) < 4.78 is 0. The molecular formula is C13H24N6. The van der Waals surface area contributed by atoms with E-state index in [1.54, 1.807) is 6.33 Å². The maximum Gasteiger partial charge on any atom is 0.221 e. The topological polar surface area (TPSA) is 51.3 Å². The Morgan fingerprint density at radius 1 is 1.26 bits per heavy atom. The molecule has 3 heterocycles. The fourth-order valence-corrected chi connectivity index (χ4v) is 3.28. The van der Waals surface area contributed by atoms with Crippen molar-refractivity contribution in [3.05, 3.63) is 6.33 Å². The van der Waals surface area contributed by atoms with Crippen molar-refractivity contribution in [3.63, 3.8) is 0 Å². The van der Waals surface area contributed by atoms with Crippen LogP contribution in [0.4, 0.5) is 5.95 Å². The second-order valence-corrected chi connectivity index (χ2v) is 5.87. The van der Waals surface area contributed by atoms with E-state index in [0.717, 1.165) is 38.0 Å². The maximum atomic E-state index is 4.22. The van der Waals surface area contributed by atoms with Crippen molar-refractivity contribution in [1.29, 1.82) is 0 Å². The third-order valence-corrected chi connectivity index (χ3v) is 4.31. The van der Waals surface area contributed by atoms with Crippen LogP contribution in [-0.4, -0.2) is 77.8 Å². The number of anilines is 1. The van der Waals surface area contributed by atoms with Gasteiger partial charge in [0, 0.05) is 39.3 Å². The highest BCUT2D eigenvalue weighted by molar-refractivity contribution is 5.27. The van der Waals surface area contributed by atoms with Gasteiger partial charge in [-0.3, -0.25) is 4.90 Å². The number of hydrogen-bond acceptors (Lipinski definition) is 5. The van der Waals surface area contributed by atoms with Gasteiger partial charge >= 0.3 is 0 Å². The van der Waals surface area contributed by atoms with Crippen molar-refractivity contribution in [2.24, 2.45) is 5.92 Å². The van der Waals surface area contributed by atoms with Crippen molar-refractivity contribution in [2.75, 3.05) is 57.8 Å². The molecule has 6 heteroatoms. The fourth-order valence-electron chi connectivity index (χ4n) is 3.28. The van der Waals surface area contributed by atoms with E-state index < -0.39 is 0 Å². The molecule has 19 heavy (non-hydrogen) atoms. The van der Waals surface area contributed by atoms with Crippen molar-refractivity contribution in [1.82, 2.24) is 25.0 Å². The van der Waals surface area contributed by atoms with Crippen molar-refractivity contribution in [3.8, 4) is 0 Å². The number of piperidine rings is 1. The summed E-state index contributed by atoms with van der Waals surface area (Å²) in [7, 11) is 2.24. The second kappa shape index (κ2) is 5.88. The number of H-pyrrole nitrogens is 1. The third kappa shape index (κ3) is 3.25. The Balaban J connectivity index is 1.45. The Bertz CT molecular complexity index is 370. The summed E-state index contributed by atoms with van der Waals surface area (Å²) in [6, 6.07) is 0. The molecule has 0 radical (unpaired) electrons. The maximum absolute atomic E-state index is 4.22. The molecule has 3 rings (SSSR count). The number of nitrogens with one attached hydrogen (secondary N) is 1. The molecule has 2 aliphatic rings. The van der Waals surface area contributed by atoms with Crippen LogP contribution < -0.4 is 4.90 Å². The molecule has 2 fully saturated rings. The third-order valence-electron chi connectivity index (χ3n) is 4.31. The van der Waals surface area contributed by atoms with Gasteiger partial charge in [-0.1, -0.05) is 0 Å². The fraction of sp³-hybridized carbons (Fsp3) is 0.846. The summed E-state index contributed by atoms with van der Waals surface area (Å²) in [6.45, 7) is 8.18. The first kappa shape index (κ1) is 12.9. The van der Waals surface area contributed by atoms with Crippen molar-refractivity contribution >= 4 is 5.95 Å². The highest BCUT2D eigenvalue weighted by Gasteiger charge is 2.23. The van der Waals surface area contributed by atoms with Gasteiger partial charge in [0.1, 0.15) is 6.33 Å². The van der Waals surface area contributed by atoms with Gasteiger partial charge in [-0.2, -0.15) is 10.1 Å². The molecular weight excluding hydrogens is 240 g/mol. The lowest BCUT2D eigenvalue weighted by molar-refractivity contribution is 0.147. The summed E-state index contributed by atoms with van der Waals surface area (Å²) in [5.74, 6) is 1.77. The minimum atomic E-state index is 0.857. The van der Waals surface area contributed by atoms with Gasteiger partial charge in [0.05, 0.1) is 0 Å². The van der Waals surface area contributed by atoms with Crippen LogP contribution in [0.25, 0.3) is 0 Å². The van der Waals surface area contributed by atoms with Crippen LogP contribution in [0.5, 0.6) is 0 Å². The van der Waals surface area contributed by atoms with E-state index in [0.29, 0.717) is 0 Å². The molecule has 0 saturated carbocycles. The second-order valence-electron chi connectivity index (χ2n) is 5.87. The number of aromatic nitrogens is 3. The summed E-state index contributed by atoms with van der Waals surface area (Å²) in [5.41, 5.74) is 0. The van der Waals surface area contributed by atoms with Gasteiger partial charge in [0.2, 0.25) is 5.95 Å². The molecule has 0 bridgehead atoms. The molecule has 2 aliphatic heterocycles. The predicted octanol–water partition coefficient (Wildman–Crippen LogP) is 0.269. The number of nitrogens with zero attached hydrogens (tertiary/aromatic N) is 5. The van der Waals surface area contributed by atoms with Crippen LogP contribution in [0, 0.1) is 5.92 Å². The standard InChI is InChI=1S/C13H24N6/c1-17-4-2-3-12(9-17)10-18-5-7-19(8-6-18)13-14-11-15-16-13/h11-12H,2-10H2,1H3,(H,14,15,16). The van der Waals surface area contributed by atoms with Gasteiger partial charge in [-0.25, -0.2) is 5.10 Å². The number of rotatable bonds is 3. The monoisotopic (exact) mass is 264 g/mol. The highest BCUT2D eigenvalue weighted by atomic mass is 15.4. The summed E-state index contributed by atoms with van der Waals surface area (Å²) in [5, 5.41) is 6.87. The average Bonchev–Trinajstić information content (AvgIpc) is 2.94. The molecule has 0 aromatic carbocycles. The lowest BCUT2D eigenvalue weighted by atomic mass is 9.97. The molecule has 0 aliphatic carbocycles. The first-order chi connectivity index (χ1) is 9.31.